The average molecular weight is 285 g/mol. The molecule has 0 fully saturated rings. The summed E-state index contributed by atoms with van der Waals surface area (Å²) in [7, 11) is 2.01. The van der Waals surface area contributed by atoms with Gasteiger partial charge >= 0.3 is 0 Å². The Labute approximate surface area is 107 Å². The number of halogens is 1. The number of benzene rings is 1. The van der Waals surface area contributed by atoms with Crippen molar-refractivity contribution in [3.8, 4) is 0 Å². The highest BCUT2D eigenvalue weighted by Gasteiger charge is 2.11. The highest BCUT2D eigenvalue weighted by molar-refractivity contribution is 9.10. The predicted molar refractivity (Wildman–Crippen MR) is 74.9 cm³/mol. The van der Waals surface area contributed by atoms with Gasteiger partial charge in [0.1, 0.15) is 0 Å². The molecule has 0 saturated heterocycles. The molecule has 2 N–H and O–H groups in total. The van der Waals surface area contributed by atoms with Crippen molar-refractivity contribution < 1.29 is 0 Å². The van der Waals surface area contributed by atoms with Crippen LogP contribution in [0.2, 0.25) is 0 Å². The summed E-state index contributed by atoms with van der Waals surface area (Å²) in [6.45, 7) is 6.61. The van der Waals surface area contributed by atoms with Gasteiger partial charge in [-0.25, -0.2) is 0 Å². The summed E-state index contributed by atoms with van der Waals surface area (Å²) in [5, 5.41) is 6.72. The zero-order chi connectivity index (χ0) is 12.0. The molecule has 1 aromatic carbocycles. The van der Waals surface area contributed by atoms with Gasteiger partial charge in [0.15, 0.2) is 0 Å². The zero-order valence-corrected chi connectivity index (χ0v) is 11.8. The van der Waals surface area contributed by atoms with Crippen LogP contribution in [0.15, 0.2) is 28.7 Å². The van der Waals surface area contributed by atoms with E-state index in [-0.39, 0.29) is 0 Å². The van der Waals surface area contributed by atoms with Crippen LogP contribution in [0.4, 0.5) is 5.69 Å². The molecule has 16 heavy (non-hydrogen) atoms. The lowest BCUT2D eigenvalue weighted by Crippen LogP contribution is -2.29. The van der Waals surface area contributed by atoms with Crippen LogP contribution < -0.4 is 10.6 Å². The van der Waals surface area contributed by atoms with E-state index in [9.17, 15) is 0 Å². The van der Waals surface area contributed by atoms with E-state index in [1.807, 2.05) is 7.05 Å². The fourth-order valence-corrected chi connectivity index (χ4v) is 1.89. The second-order valence-corrected chi connectivity index (χ2v) is 5.37. The Hall–Kier alpha value is -0.540. The summed E-state index contributed by atoms with van der Waals surface area (Å²) >= 11 is 3.44. The SMILES string of the molecule is CNCC(CNc1ccc(Br)cc1)C(C)C. The van der Waals surface area contributed by atoms with E-state index < -0.39 is 0 Å². The minimum atomic E-state index is 0.661. The number of nitrogens with one attached hydrogen (secondary N) is 2. The van der Waals surface area contributed by atoms with Crippen molar-refractivity contribution in [3.05, 3.63) is 28.7 Å². The average Bonchev–Trinajstić information content (AvgIpc) is 2.26. The first kappa shape index (κ1) is 13.5. The van der Waals surface area contributed by atoms with Crippen LogP contribution in [-0.2, 0) is 0 Å². The minimum absolute atomic E-state index is 0.661. The van der Waals surface area contributed by atoms with Crippen LogP contribution in [0.5, 0.6) is 0 Å². The summed E-state index contributed by atoms with van der Waals surface area (Å²) in [5.41, 5.74) is 1.19. The van der Waals surface area contributed by atoms with Crippen molar-refractivity contribution >= 4 is 21.6 Å². The van der Waals surface area contributed by atoms with E-state index >= 15 is 0 Å². The topological polar surface area (TPSA) is 24.1 Å². The van der Waals surface area contributed by atoms with E-state index in [1.54, 1.807) is 0 Å². The lowest BCUT2D eigenvalue weighted by Gasteiger charge is -2.21. The van der Waals surface area contributed by atoms with Gasteiger partial charge in [-0.05, 0) is 49.7 Å². The molecule has 0 amide bonds. The molecule has 0 aromatic heterocycles. The monoisotopic (exact) mass is 284 g/mol. The lowest BCUT2D eigenvalue weighted by atomic mass is 9.96. The molecule has 2 nitrogen and oxygen atoms in total. The van der Waals surface area contributed by atoms with Gasteiger partial charge in [-0.15, -0.1) is 0 Å². The van der Waals surface area contributed by atoms with Crippen molar-refractivity contribution in [2.45, 2.75) is 13.8 Å². The van der Waals surface area contributed by atoms with E-state index in [4.69, 9.17) is 0 Å². The summed E-state index contributed by atoms with van der Waals surface area (Å²) in [4.78, 5) is 0. The molecule has 0 aliphatic heterocycles. The molecule has 0 aliphatic carbocycles. The van der Waals surface area contributed by atoms with Crippen molar-refractivity contribution in [2.24, 2.45) is 11.8 Å². The van der Waals surface area contributed by atoms with Gasteiger partial charge in [0.25, 0.3) is 0 Å². The Kier molecular flexibility index (Phi) is 5.85. The zero-order valence-electron chi connectivity index (χ0n) is 10.3. The van der Waals surface area contributed by atoms with Gasteiger partial charge < -0.3 is 10.6 Å². The largest absolute Gasteiger partial charge is 0.385 e. The lowest BCUT2D eigenvalue weighted by molar-refractivity contribution is 0.390. The second-order valence-electron chi connectivity index (χ2n) is 4.45. The third kappa shape index (κ3) is 4.54. The Bertz CT molecular complexity index is 295. The summed E-state index contributed by atoms with van der Waals surface area (Å²) < 4.78 is 1.12. The predicted octanol–water partition coefficient (Wildman–Crippen LogP) is 3.35. The van der Waals surface area contributed by atoms with Crippen LogP contribution in [-0.4, -0.2) is 20.1 Å². The van der Waals surface area contributed by atoms with Crippen LogP contribution in [0.25, 0.3) is 0 Å². The Morgan fingerprint density at radius 3 is 2.25 bits per heavy atom. The summed E-state index contributed by atoms with van der Waals surface area (Å²) in [6, 6.07) is 8.32. The fraction of sp³-hybridized carbons (Fsp3) is 0.538. The van der Waals surface area contributed by atoms with Crippen LogP contribution >= 0.6 is 15.9 Å². The molecule has 90 valence electrons. The molecule has 0 saturated carbocycles. The maximum atomic E-state index is 3.48. The summed E-state index contributed by atoms with van der Waals surface area (Å²) in [5.74, 6) is 1.35. The molecule has 0 heterocycles. The van der Waals surface area contributed by atoms with E-state index in [0.717, 1.165) is 17.6 Å². The first-order chi connectivity index (χ1) is 7.63. The van der Waals surface area contributed by atoms with Gasteiger partial charge in [-0.1, -0.05) is 29.8 Å². The molecule has 0 aliphatic rings. The van der Waals surface area contributed by atoms with Gasteiger partial charge in [-0.3, -0.25) is 0 Å². The minimum Gasteiger partial charge on any atom is -0.385 e. The number of anilines is 1. The number of hydrogen-bond acceptors (Lipinski definition) is 2. The van der Waals surface area contributed by atoms with Gasteiger partial charge in [0.05, 0.1) is 0 Å². The molecule has 1 atom stereocenters. The second kappa shape index (κ2) is 6.92. The van der Waals surface area contributed by atoms with Crippen molar-refractivity contribution in [2.75, 3.05) is 25.5 Å². The van der Waals surface area contributed by atoms with Crippen molar-refractivity contribution in [1.29, 1.82) is 0 Å². The Balaban J connectivity index is 2.45. The third-order valence-electron chi connectivity index (χ3n) is 2.82. The highest BCUT2D eigenvalue weighted by atomic mass is 79.9. The van der Waals surface area contributed by atoms with E-state index in [2.05, 4.69) is 64.7 Å². The smallest absolute Gasteiger partial charge is 0.0341 e. The van der Waals surface area contributed by atoms with Crippen LogP contribution in [0.1, 0.15) is 13.8 Å². The third-order valence-corrected chi connectivity index (χ3v) is 3.35. The molecule has 0 spiro atoms. The number of hydrogen-bond donors (Lipinski definition) is 2. The fourth-order valence-electron chi connectivity index (χ4n) is 1.62. The maximum Gasteiger partial charge on any atom is 0.0341 e. The van der Waals surface area contributed by atoms with E-state index in [1.165, 1.54) is 5.69 Å². The molecular weight excluding hydrogens is 264 g/mol. The molecule has 0 bridgehead atoms. The Morgan fingerprint density at radius 2 is 1.75 bits per heavy atom. The highest BCUT2D eigenvalue weighted by Crippen LogP contribution is 2.16. The summed E-state index contributed by atoms with van der Waals surface area (Å²) in [6.07, 6.45) is 0. The molecule has 1 rings (SSSR count). The van der Waals surface area contributed by atoms with E-state index in [0.29, 0.717) is 11.8 Å². The number of rotatable bonds is 6. The molecular formula is C13H21BrN2. The molecule has 3 heteroatoms. The first-order valence-corrected chi connectivity index (χ1v) is 6.56. The normalized spacial score (nSPS) is 12.8. The van der Waals surface area contributed by atoms with Crippen LogP contribution in [0, 0.1) is 11.8 Å². The first-order valence-electron chi connectivity index (χ1n) is 5.77. The molecule has 1 unspecified atom stereocenters. The van der Waals surface area contributed by atoms with Crippen LogP contribution in [0.3, 0.4) is 0 Å². The van der Waals surface area contributed by atoms with Gasteiger partial charge in [0, 0.05) is 16.7 Å². The van der Waals surface area contributed by atoms with Crippen molar-refractivity contribution in [3.63, 3.8) is 0 Å². The molecule has 0 radical (unpaired) electrons. The quantitative estimate of drug-likeness (QED) is 0.837. The van der Waals surface area contributed by atoms with Crippen molar-refractivity contribution in [1.82, 2.24) is 5.32 Å². The van der Waals surface area contributed by atoms with Gasteiger partial charge in [0.2, 0.25) is 0 Å². The maximum absolute atomic E-state index is 3.48. The molecule has 1 aromatic rings. The standard InChI is InChI=1S/C13H21BrN2/c1-10(2)11(8-15-3)9-16-13-6-4-12(14)5-7-13/h4-7,10-11,15-16H,8-9H2,1-3H3. The Morgan fingerprint density at radius 1 is 1.12 bits per heavy atom. The van der Waals surface area contributed by atoms with Gasteiger partial charge in [-0.2, -0.15) is 0 Å².